The SMILES string of the molecule is Cc1cc(CN2C[C@H]3C[C@H](OCC4CC4)[C@@H](NC(=O)c4ccsc4)C[C@H]3C2)no1. The molecule has 1 amide bonds. The Hall–Kier alpha value is -1.70. The number of aryl methyl sites for hydroxylation is 1. The minimum Gasteiger partial charge on any atom is -0.376 e. The first kappa shape index (κ1) is 19.3. The maximum absolute atomic E-state index is 12.7. The molecule has 2 saturated carbocycles. The van der Waals surface area contributed by atoms with Crippen LogP contribution in [0.3, 0.4) is 0 Å². The second-order valence-electron chi connectivity index (χ2n) is 9.02. The summed E-state index contributed by atoms with van der Waals surface area (Å²) in [6, 6.07) is 4.01. The zero-order chi connectivity index (χ0) is 19.8. The number of hydrogen-bond donors (Lipinski definition) is 1. The largest absolute Gasteiger partial charge is 0.376 e. The molecule has 29 heavy (non-hydrogen) atoms. The number of amides is 1. The summed E-state index contributed by atoms with van der Waals surface area (Å²) in [5.74, 6) is 2.85. The summed E-state index contributed by atoms with van der Waals surface area (Å²) in [4.78, 5) is 15.2. The molecule has 0 bridgehead atoms. The van der Waals surface area contributed by atoms with Crippen LogP contribution in [0.4, 0.5) is 0 Å². The molecular weight excluding hydrogens is 386 g/mol. The number of thiophene rings is 1. The van der Waals surface area contributed by atoms with Gasteiger partial charge in [0, 0.05) is 43.3 Å². The maximum Gasteiger partial charge on any atom is 0.252 e. The van der Waals surface area contributed by atoms with Crippen LogP contribution in [0.25, 0.3) is 0 Å². The Balaban J connectivity index is 1.24. The molecule has 1 aliphatic heterocycles. The highest BCUT2D eigenvalue weighted by molar-refractivity contribution is 7.08. The van der Waals surface area contributed by atoms with E-state index in [9.17, 15) is 4.79 Å². The van der Waals surface area contributed by atoms with Crippen molar-refractivity contribution in [3.05, 3.63) is 39.9 Å². The van der Waals surface area contributed by atoms with Crippen molar-refractivity contribution in [1.29, 1.82) is 0 Å². The number of nitrogens with one attached hydrogen (secondary N) is 1. The van der Waals surface area contributed by atoms with E-state index in [1.165, 1.54) is 12.8 Å². The number of fused-ring (bicyclic) bond motifs is 1. The van der Waals surface area contributed by atoms with E-state index in [1.54, 1.807) is 11.3 Å². The van der Waals surface area contributed by atoms with Crippen LogP contribution in [0.2, 0.25) is 0 Å². The molecule has 3 aliphatic rings. The van der Waals surface area contributed by atoms with Gasteiger partial charge in [0.1, 0.15) is 5.76 Å². The second-order valence-corrected chi connectivity index (χ2v) is 9.80. The molecule has 156 valence electrons. The lowest BCUT2D eigenvalue weighted by atomic mass is 9.77. The van der Waals surface area contributed by atoms with E-state index in [-0.39, 0.29) is 18.1 Å². The quantitative estimate of drug-likeness (QED) is 0.750. The predicted molar refractivity (Wildman–Crippen MR) is 111 cm³/mol. The zero-order valence-electron chi connectivity index (χ0n) is 16.9. The van der Waals surface area contributed by atoms with Gasteiger partial charge >= 0.3 is 0 Å². The molecule has 0 spiro atoms. The van der Waals surface area contributed by atoms with Gasteiger partial charge in [-0.15, -0.1) is 0 Å². The van der Waals surface area contributed by atoms with Crippen molar-refractivity contribution in [1.82, 2.24) is 15.4 Å². The molecule has 3 fully saturated rings. The number of likely N-dealkylation sites (tertiary alicyclic amines) is 1. The van der Waals surface area contributed by atoms with Crippen molar-refractivity contribution in [2.45, 2.75) is 51.3 Å². The zero-order valence-corrected chi connectivity index (χ0v) is 17.7. The van der Waals surface area contributed by atoms with Gasteiger partial charge in [-0.05, 0) is 61.8 Å². The summed E-state index contributed by atoms with van der Waals surface area (Å²) >= 11 is 1.56. The van der Waals surface area contributed by atoms with Crippen LogP contribution < -0.4 is 5.32 Å². The highest BCUT2D eigenvalue weighted by Crippen LogP contribution is 2.39. The van der Waals surface area contributed by atoms with Crippen molar-refractivity contribution in [2.24, 2.45) is 17.8 Å². The van der Waals surface area contributed by atoms with Gasteiger partial charge in [0.15, 0.2) is 0 Å². The van der Waals surface area contributed by atoms with E-state index in [0.717, 1.165) is 62.0 Å². The topological polar surface area (TPSA) is 67.6 Å². The molecule has 5 rings (SSSR count). The van der Waals surface area contributed by atoms with Crippen molar-refractivity contribution in [2.75, 3.05) is 19.7 Å². The van der Waals surface area contributed by atoms with Gasteiger partial charge < -0.3 is 14.6 Å². The molecule has 0 radical (unpaired) electrons. The molecule has 6 nitrogen and oxygen atoms in total. The third-order valence-electron chi connectivity index (χ3n) is 6.60. The van der Waals surface area contributed by atoms with E-state index < -0.39 is 0 Å². The van der Waals surface area contributed by atoms with Crippen molar-refractivity contribution >= 4 is 17.2 Å². The van der Waals surface area contributed by atoms with Gasteiger partial charge in [-0.3, -0.25) is 9.69 Å². The Bertz CT molecular complexity index is 832. The first-order valence-corrected chi connectivity index (χ1v) is 11.7. The maximum atomic E-state index is 12.7. The molecule has 2 aromatic rings. The van der Waals surface area contributed by atoms with Crippen LogP contribution >= 0.6 is 11.3 Å². The Morgan fingerprint density at radius 2 is 2.17 bits per heavy atom. The number of ether oxygens (including phenoxy) is 1. The summed E-state index contributed by atoms with van der Waals surface area (Å²) in [6.07, 6.45) is 4.71. The van der Waals surface area contributed by atoms with Crippen molar-refractivity contribution in [3.8, 4) is 0 Å². The van der Waals surface area contributed by atoms with Crippen LogP contribution in [-0.4, -0.2) is 47.8 Å². The van der Waals surface area contributed by atoms with E-state index in [0.29, 0.717) is 11.8 Å². The smallest absolute Gasteiger partial charge is 0.252 e. The summed E-state index contributed by atoms with van der Waals surface area (Å²) < 4.78 is 11.6. The molecule has 0 aromatic carbocycles. The lowest BCUT2D eigenvalue weighted by molar-refractivity contribution is -0.0212. The number of rotatable bonds is 7. The minimum atomic E-state index is 0.0302. The highest BCUT2D eigenvalue weighted by Gasteiger charge is 2.43. The Labute approximate surface area is 175 Å². The first-order chi connectivity index (χ1) is 14.1. The van der Waals surface area contributed by atoms with Gasteiger partial charge in [-0.2, -0.15) is 11.3 Å². The molecule has 3 heterocycles. The fraction of sp³-hybridized carbons (Fsp3) is 0.636. The molecule has 4 atom stereocenters. The van der Waals surface area contributed by atoms with Crippen LogP contribution in [0.1, 0.15) is 47.5 Å². The van der Waals surface area contributed by atoms with Crippen LogP contribution in [0.5, 0.6) is 0 Å². The van der Waals surface area contributed by atoms with Crippen LogP contribution in [-0.2, 0) is 11.3 Å². The molecule has 2 aromatic heterocycles. The molecule has 2 aliphatic carbocycles. The van der Waals surface area contributed by atoms with Crippen molar-refractivity contribution < 1.29 is 14.1 Å². The van der Waals surface area contributed by atoms with Gasteiger partial charge in [0.05, 0.1) is 17.8 Å². The summed E-state index contributed by atoms with van der Waals surface area (Å²) in [5, 5.41) is 11.3. The van der Waals surface area contributed by atoms with Gasteiger partial charge in [-0.1, -0.05) is 5.16 Å². The van der Waals surface area contributed by atoms with Gasteiger partial charge in [0.2, 0.25) is 0 Å². The van der Waals surface area contributed by atoms with Crippen LogP contribution in [0.15, 0.2) is 27.4 Å². The molecule has 7 heteroatoms. The number of aromatic nitrogens is 1. The highest BCUT2D eigenvalue weighted by atomic mass is 32.1. The lowest BCUT2D eigenvalue weighted by Gasteiger charge is -2.38. The molecule has 0 unspecified atom stereocenters. The van der Waals surface area contributed by atoms with Gasteiger partial charge in [-0.25, -0.2) is 0 Å². The number of nitrogens with zero attached hydrogens (tertiary/aromatic N) is 2. The Morgan fingerprint density at radius 3 is 2.86 bits per heavy atom. The number of carbonyl (C=O) groups is 1. The molecular formula is C22H29N3O3S. The average molecular weight is 416 g/mol. The minimum absolute atomic E-state index is 0.0302. The first-order valence-electron chi connectivity index (χ1n) is 10.7. The lowest BCUT2D eigenvalue weighted by Crippen LogP contribution is -2.50. The third-order valence-corrected chi connectivity index (χ3v) is 7.28. The van der Waals surface area contributed by atoms with Crippen molar-refractivity contribution in [3.63, 3.8) is 0 Å². The van der Waals surface area contributed by atoms with E-state index in [2.05, 4.69) is 15.4 Å². The average Bonchev–Trinajstić information content (AvgIpc) is 3.07. The Kier molecular flexibility index (Phi) is 5.45. The second kappa shape index (κ2) is 8.20. The monoisotopic (exact) mass is 415 g/mol. The number of hydrogen-bond acceptors (Lipinski definition) is 6. The Morgan fingerprint density at radius 1 is 1.34 bits per heavy atom. The molecule has 1 N–H and O–H groups in total. The standard InChI is InChI=1S/C22H29N3O3S/c1-14-6-19(24-28-14)11-25-9-17-7-20(23-22(26)16-4-5-29-13-16)21(8-18(17)10-25)27-12-15-2-3-15/h4-6,13,15,17-18,20-21H,2-3,7-12H2,1H3,(H,23,26)/t17-,18+,20-,21-/m0/s1. The van der Waals surface area contributed by atoms with E-state index >= 15 is 0 Å². The van der Waals surface area contributed by atoms with E-state index in [4.69, 9.17) is 9.26 Å². The van der Waals surface area contributed by atoms with Gasteiger partial charge in [0.25, 0.3) is 5.91 Å². The normalized spacial score (nSPS) is 29.7. The summed E-state index contributed by atoms with van der Waals surface area (Å²) in [5.41, 5.74) is 1.76. The predicted octanol–water partition coefficient (Wildman–Crippen LogP) is 3.48. The third kappa shape index (κ3) is 4.57. The summed E-state index contributed by atoms with van der Waals surface area (Å²) in [6.45, 7) is 5.74. The van der Waals surface area contributed by atoms with Crippen LogP contribution in [0, 0.1) is 24.7 Å². The summed E-state index contributed by atoms with van der Waals surface area (Å²) in [7, 11) is 0. The molecule has 1 saturated heterocycles. The fourth-order valence-corrected chi connectivity index (χ4v) is 5.52. The van der Waals surface area contributed by atoms with E-state index in [1.807, 2.05) is 29.8 Å². The number of carbonyl (C=O) groups excluding carboxylic acids is 1. The fourth-order valence-electron chi connectivity index (χ4n) is 4.89.